The van der Waals surface area contributed by atoms with Crippen LogP contribution in [0.3, 0.4) is 0 Å². The number of Topliss-reactive ketones (excluding diaryl/α,β-unsaturated/α-hetero) is 1. The van der Waals surface area contributed by atoms with Gasteiger partial charge in [-0.15, -0.1) is 0 Å². The standard InChI is InChI=1S/C14H15NO4/c1-8-4-10(6-18-8)14(17)9-2-3-12-11(5-9)15-13(16)7-19-12/h2-3,5,8,10H,4,6-7H2,1H3,(H,15,16). The number of nitrogens with one attached hydrogen (secondary N) is 1. The highest BCUT2D eigenvalue weighted by Gasteiger charge is 2.29. The smallest absolute Gasteiger partial charge is 0.262 e. The molecule has 2 heterocycles. The van der Waals surface area contributed by atoms with Crippen LogP contribution in [-0.4, -0.2) is 31.0 Å². The molecule has 0 saturated carbocycles. The minimum atomic E-state index is -0.199. The molecule has 2 aliphatic heterocycles. The van der Waals surface area contributed by atoms with E-state index in [4.69, 9.17) is 9.47 Å². The van der Waals surface area contributed by atoms with Crippen molar-refractivity contribution in [2.24, 2.45) is 5.92 Å². The first-order chi connectivity index (χ1) is 9.13. The summed E-state index contributed by atoms with van der Waals surface area (Å²) in [7, 11) is 0. The molecule has 3 rings (SSSR count). The van der Waals surface area contributed by atoms with Crippen LogP contribution in [-0.2, 0) is 9.53 Å². The Labute approximate surface area is 110 Å². The minimum absolute atomic E-state index is 0.0221. The van der Waals surface area contributed by atoms with Crippen molar-refractivity contribution in [2.45, 2.75) is 19.4 Å². The number of anilines is 1. The van der Waals surface area contributed by atoms with Gasteiger partial charge in [0.25, 0.3) is 5.91 Å². The Hall–Kier alpha value is -1.88. The molecule has 0 aromatic heterocycles. The van der Waals surface area contributed by atoms with Crippen LogP contribution in [0.25, 0.3) is 0 Å². The van der Waals surface area contributed by atoms with E-state index in [9.17, 15) is 9.59 Å². The molecule has 1 aromatic rings. The molecule has 2 aliphatic rings. The Kier molecular flexibility index (Phi) is 2.98. The lowest BCUT2D eigenvalue weighted by atomic mass is 9.95. The third-order valence-corrected chi connectivity index (χ3v) is 3.47. The van der Waals surface area contributed by atoms with E-state index in [1.54, 1.807) is 18.2 Å². The lowest BCUT2D eigenvalue weighted by Crippen LogP contribution is -2.25. The van der Waals surface area contributed by atoms with Gasteiger partial charge in [-0.2, -0.15) is 0 Å². The predicted molar refractivity (Wildman–Crippen MR) is 68.4 cm³/mol. The number of hydrogen-bond donors (Lipinski definition) is 1. The van der Waals surface area contributed by atoms with Crippen molar-refractivity contribution in [2.75, 3.05) is 18.5 Å². The Morgan fingerprint density at radius 3 is 3.00 bits per heavy atom. The van der Waals surface area contributed by atoms with E-state index in [1.807, 2.05) is 6.92 Å². The van der Waals surface area contributed by atoms with Crippen LogP contribution in [0.15, 0.2) is 18.2 Å². The zero-order valence-electron chi connectivity index (χ0n) is 10.6. The van der Waals surface area contributed by atoms with E-state index in [0.29, 0.717) is 23.6 Å². The summed E-state index contributed by atoms with van der Waals surface area (Å²) < 4.78 is 10.7. The zero-order valence-corrected chi connectivity index (χ0v) is 10.6. The molecule has 0 aliphatic carbocycles. The van der Waals surface area contributed by atoms with Crippen molar-refractivity contribution in [3.8, 4) is 5.75 Å². The average molecular weight is 261 g/mol. The maximum atomic E-state index is 12.3. The quantitative estimate of drug-likeness (QED) is 0.822. The normalized spacial score (nSPS) is 25.4. The van der Waals surface area contributed by atoms with E-state index in [0.717, 1.165) is 6.42 Å². The third-order valence-electron chi connectivity index (χ3n) is 3.47. The van der Waals surface area contributed by atoms with Crippen LogP contribution >= 0.6 is 0 Å². The van der Waals surface area contributed by atoms with Crippen LogP contribution < -0.4 is 10.1 Å². The van der Waals surface area contributed by atoms with Gasteiger partial charge in [-0.3, -0.25) is 9.59 Å². The van der Waals surface area contributed by atoms with Gasteiger partial charge in [-0.25, -0.2) is 0 Å². The molecule has 0 bridgehead atoms. The van der Waals surface area contributed by atoms with Gasteiger partial charge in [0.1, 0.15) is 5.75 Å². The topological polar surface area (TPSA) is 64.6 Å². The summed E-state index contributed by atoms with van der Waals surface area (Å²) in [4.78, 5) is 23.6. The molecule has 1 saturated heterocycles. The lowest BCUT2D eigenvalue weighted by molar-refractivity contribution is -0.118. The van der Waals surface area contributed by atoms with Gasteiger partial charge < -0.3 is 14.8 Å². The van der Waals surface area contributed by atoms with Gasteiger partial charge in [0.15, 0.2) is 12.4 Å². The highest BCUT2D eigenvalue weighted by Crippen LogP contribution is 2.30. The van der Waals surface area contributed by atoms with Crippen LogP contribution in [0.1, 0.15) is 23.7 Å². The first kappa shape index (κ1) is 12.2. The number of benzene rings is 1. The molecule has 0 radical (unpaired) electrons. The average Bonchev–Trinajstić information content (AvgIpc) is 2.83. The number of hydrogen-bond acceptors (Lipinski definition) is 4. The summed E-state index contributed by atoms with van der Waals surface area (Å²) in [6.45, 7) is 2.46. The number of ether oxygens (including phenoxy) is 2. The SMILES string of the molecule is CC1CC(C(=O)c2ccc3c(c2)NC(=O)CO3)CO1. The van der Waals surface area contributed by atoms with Crippen LogP contribution in [0.5, 0.6) is 5.75 Å². The number of ketones is 1. The molecule has 19 heavy (non-hydrogen) atoms. The summed E-state index contributed by atoms with van der Waals surface area (Å²) in [5.74, 6) is 0.377. The van der Waals surface area contributed by atoms with Gasteiger partial charge in [0, 0.05) is 11.5 Å². The van der Waals surface area contributed by atoms with E-state index >= 15 is 0 Å². The Morgan fingerprint density at radius 1 is 1.42 bits per heavy atom. The molecule has 1 fully saturated rings. The summed E-state index contributed by atoms with van der Waals surface area (Å²) in [5.41, 5.74) is 1.15. The van der Waals surface area contributed by atoms with E-state index in [2.05, 4.69) is 5.32 Å². The fraction of sp³-hybridized carbons (Fsp3) is 0.429. The number of carbonyl (C=O) groups is 2. The second kappa shape index (κ2) is 4.66. The molecular weight excluding hydrogens is 246 g/mol. The lowest BCUT2D eigenvalue weighted by Gasteiger charge is -2.18. The van der Waals surface area contributed by atoms with Crippen LogP contribution in [0.2, 0.25) is 0 Å². The van der Waals surface area contributed by atoms with Crippen molar-refractivity contribution in [1.29, 1.82) is 0 Å². The van der Waals surface area contributed by atoms with Crippen molar-refractivity contribution in [1.82, 2.24) is 0 Å². The van der Waals surface area contributed by atoms with Crippen LogP contribution in [0, 0.1) is 5.92 Å². The van der Waals surface area contributed by atoms with E-state index in [-0.39, 0.29) is 30.3 Å². The molecule has 5 heteroatoms. The Balaban J connectivity index is 1.83. The summed E-state index contributed by atoms with van der Waals surface area (Å²) in [5, 5.41) is 2.71. The zero-order chi connectivity index (χ0) is 13.4. The molecule has 2 unspecified atom stereocenters. The molecule has 1 aromatic carbocycles. The molecule has 100 valence electrons. The van der Waals surface area contributed by atoms with E-state index < -0.39 is 0 Å². The maximum Gasteiger partial charge on any atom is 0.262 e. The number of amides is 1. The third kappa shape index (κ3) is 2.33. The highest BCUT2D eigenvalue weighted by molar-refractivity contribution is 6.01. The fourth-order valence-electron chi connectivity index (χ4n) is 2.47. The Morgan fingerprint density at radius 2 is 2.26 bits per heavy atom. The fourth-order valence-corrected chi connectivity index (χ4v) is 2.47. The highest BCUT2D eigenvalue weighted by atomic mass is 16.5. The van der Waals surface area contributed by atoms with E-state index in [1.165, 1.54) is 0 Å². The van der Waals surface area contributed by atoms with Crippen molar-refractivity contribution >= 4 is 17.4 Å². The van der Waals surface area contributed by atoms with Gasteiger partial charge >= 0.3 is 0 Å². The predicted octanol–water partition coefficient (Wildman–Crippen LogP) is 1.63. The number of carbonyl (C=O) groups excluding carboxylic acids is 2. The van der Waals surface area contributed by atoms with Crippen molar-refractivity contribution in [3.63, 3.8) is 0 Å². The van der Waals surface area contributed by atoms with Crippen molar-refractivity contribution < 1.29 is 19.1 Å². The Bertz CT molecular complexity index is 540. The molecule has 1 amide bonds. The van der Waals surface area contributed by atoms with Gasteiger partial charge in [0.2, 0.25) is 0 Å². The first-order valence-electron chi connectivity index (χ1n) is 6.36. The summed E-state index contributed by atoms with van der Waals surface area (Å²) in [6.07, 6.45) is 0.883. The van der Waals surface area contributed by atoms with Gasteiger partial charge in [-0.05, 0) is 31.5 Å². The maximum absolute atomic E-state index is 12.3. The number of rotatable bonds is 2. The minimum Gasteiger partial charge on any atom is -0.482 e. The molecule has 0 spiro atoms. The second-order valence-corrected chi connectivity index (χ2v) is 4.99. The molecule has 2 atom stereocenters. The summed E-state index contributed by atoms with van der Waals surface area (Å²) >= 11 is 0. The van der Waals surface area contributed by atoms with Gasteiger partial charge in [0.05, 0.1) is 18.4 Å². The molecular formula is C14H15NO4. The van der Waals surface area contributed by atoms with Crippen molar-refractivity contribution in [3.05, 3.63) is 23.8 Å². The van der Waals surface area contributed by atoms with Gasteiger partial charge in [-0.1, -0.05) is 0 Å². The molecule has 1 N–H and O–H groups in total. The second-order valence-electron chi connectivity index (χ2n) is 4.99. The number of fused-ring (bicyclic) bond motifs is 1. The monoisotopic (exact) mass is 261 g/mol. The first-order valence-corrected chi connectivity index (χ1v) is 6.36. The summed E-state index contributed by atoms with van der Waals surface area (Å²) in [6, 6.07) is 5.14. The molecule has 5 nitrogen and oxygen atoms in total. The van der Waals surface area contributed by atoms with Crippen LogP contribution in [0.4, 0.5) is 5.69 Å². The largest absolute Gasteiger partial charge is 0.482 e.